The van der Waals surface area contributed by atoms with Crippen LogP contribution in [-0.2, 0) is 32.3 Å². The molecule has 0 spiro atoms. The molecule has 0 unspecified atom stereocenters. The second kappa shape index (κ2) is 29.4. The summed E-state index contributed by atoms with van der Waals surface area (Å²) in [6.45, 7) is 2.23. The fraction of sp³-hybridized carbons (Fsp3) is 0.583. The van der Waals surface area contributed by atoms with Gasteiger partial charge in [0, 0.05) is 47.2 Å². The van der Waals surface area contributed by atoms with Crippen molar-refractivity contribution in [1.82, 2.24) is 0 Å². The largest absolute Gasteiger partial charge is 0.400 e. The molecule has 0 atom stereocenters. The monoisotopic (exact) mass is 397 g/mol. The molecule has 1 aromatic carbocycles. The summed E-state index contributed by atoms with van der Waals surface area (Å²) in [5, 5.41) is 21.0. The van der Waals surface area contributed by atoms with Crippen molar-refractivity contribution < 1.29 is 41.2 Å². The number of hydrogen-bond donors (Lipinski definition) is 3. The molecule has 0 saturated carbocycles. The van der Waals surface area contributed by atoms with E-state index in [0.29, 0.717) is 0 Å². The summed E-state index contributed by atoms with van der Waals surface area (Å²) in [5.41, 5.74) is 1.48. The quantitative estimate of drug-likeness (QED) is 0.538. The summed E-state index contributed by atoms with van der Waals surface area (Å²) >= 11 is 0. The van der Waals surface area contributed by atoms with Crippen LogP contribution in [0.15, 0.2) is 24.3 Å². The zero-order valence-corrected chi connectivity index (χ0v) is 14.4. The first-order chi connectivity index (χ1) is 7.43. The van der Waals surface area contributed by atoms with Gasteiger partial charge >= 0.3 is 0 Å². The third kappa shape index (κ3) is 19.6. The molecule has 0 bridgehead atoms. The van der Waals surface area contributed by atoms with E-state index in [1.165, 1.54) is 24.8 Å². The molecule has 0 aliphatic rings. The van der Waals surface area contributed by atoms with Gasteiger partial charge in [-0.15, -0.1) is 0 Å². The zero-order valence-electron chi connectivity index (χ0n) is 10.8. The Morgan fingerprint density at radius 2 is 1.25 bits per heavy atom. The van der Waals surface area contributed by atoms with E-state index in [-0.39, 0.29) is 25.8 Å². The van der Waals surface area contributed by atoms with Crippen LogP contribution in [0.1, 0.15) is 25.3 Å². The minimum Gasteiger partial charge on any atom is -0.400 e. The molecule has 1 rings (SSSR count). The molecule has 0 fully saturated rings. The molecule has 0 aliphatic carbocycles. The zero-order chi connectivity index (χ0) is 12.5. The van der Waals surface area contributed by atoms with Crippen LogP contribution in [-0.4, -0.2) is 36.6 Å². The number of unbranched alkanes of at least 4 members (excludes halogenated alkanes) is 1. The van der Waals surface area contributed by atoms with E-state index < -0.39 is 0 Å². The van der Waals surface area contributed by atoms with Gasteiger partial charge < -0.3 is 15.3 Å². The molecule has 4 heteroatoms. The van der Waals surface area contributed by atoms with Gasteiger partial charge in [-0.05, 0) is 0 Å². The minimum atomic E-state index is 0. The van der Waals surface area contributed by atoms with Crippen LogP contribution < -0.4 is 0 Å². The maximum Gasteiger partial charge on any atom is 0.0319 e. The van der Waals surface area contributed by atoms with Crippen molar-refractivity contribution >= 4 is 0 Å². The summed E-state index contributed by atoms with van der Waals surface area (Å²) in [5.74, 6) is 0. The molecule has 0 saturated heterocycles. The minimum absolute atomic E-state index is 0. The molecule has 0 heterocycles. The van der Waals surface area contributed by atoms with E-state index in [9.17, 15) is 0 Å². The second-order valence-corrected chi connectivity index (χ2v) is 2.40. The maximum atomic E-state index is 7.00. The third-order valence-corrected chi connectivity index (χ3v) is 1.55. The van der Waals surface area contributed by atoms with Crippen molar-refractivity contribution in [2.75, 3.05) is 21.3 Å². The smallest absolute Gasteiger partial charge is 0.0319 e. The fourth-order valence-electron chi connectivity index (χ4n) is 0.961. The van der Waals surface area contributed by atoms with E-state index >= 15 is 0 Å². The first-order valence-corrected chi connectivity index (χ1v) is 4.98. The van der Waals surface area contributed by atoms with Crippen LogP contribution in [0.5, 0.6) is 0 Å². The van der Waals surface area contributed by atoms with Crippen molar-refractivity contribution in [1.29, 1.82) is 0 Å². The van der Waals surface area contributed by atoms with Crippen LogP contribution in [0.3, 0.4) is 0 Å². The first kappa shape index (κ1) is 25.1. The molecule has 3 N–H and O–H groups in total. The third-order valence-electron chi connectivity index (χ3n) is 1.55. The number of hydrogen-bond acceptors (Lipinski definition) is 3. The van der Waals surface area contributed by atoms with Gasteiger partial charge in [0.25, 0.3) is 0 Å². The molecule has 0 aromatic heterocycles. The summed E-state index contributed by atoms with van der Waals surface area (Å²) in [6.07, 6.45) is 3.87. The molecule has 1 aromatic rings. The molecule has 96 valence electrons. The Balaban J connectivity index is -0.0000000900. The van der Waals surface area contributed by atoms with E-state index in [1.807, 2.05) is 0 Å². The summed E-state index contributed by atoms with van der Waals surface area (Å²) in [4.78, 5) is 0. The summed E-state index contributed by atoms with van der Waals surface area (Å²) in [6, 6.07) is 8.58. The Bertz CT molecular complexity index is 153. The fourth-order valence-corrected chi connectivity index (χ4v) is 0.961. The van der Waals surface area contributed by atoms with Crippen molar-refractivity contribution in [3.63, 3.8) is 0 Å². The summed E-state index contributed by atoms with van der Waals surface area (Å²) in [7, 11) is 3.00. The van der Waals surface area contributed by atoms with E-state index in [1.54, 1.807) is 0 Å². The SMILES string of the molecule is CCCC[c-]1cccc1.CO.CO.CO.[Hf]. The molecular weight excluding hydrogens is 371 g/mol. The topological polar surface area (TPSA) is 60.7 Å². The number of aliphatic hydroxyl groups excluding tert-OH is 3. The van der Waals surface area contributed by atoms with Crippen molar-refractivity contribution in [3.05, 3.63) is 29.8 Å². The van der Waals surface area contributed by atoms with E-state index in [4.69, 9.17) is 15.3 Å². The summed E-state index contributed by atoms with van der Waals surface area (Å²) < 4.78 is 0. The van der Waals surface area contributed by atoms with Crippen molar-refractivity contribution in [2.24, 2.45) is 0 Å². The normalized spacial score (nSPS) is 6.69. The van der Waals surface area contributed by atoms with Crippen molar-refractivity contribution in [3.8, 4) is 0 Å². The van der Waals surface area contributed by atoms with Crippen LogP contribution in [0.4, 0.5) is 0 Å². The first-order valence-electron chi connectivity index (χ1n) is 4.98. The molecular formula is C12H25HfO3-. The molecule has 16 heavy (non-hydrogen) atoms. The average molecular weight is 396 g/mol. The van der Waals surface area contributed by atoms with Gasteiger partial charge in [-0.2, -0.15) is 17.7 Å². The van der Waals surface area contributed by atoms with Gasteiger partial charge in [0.2, 0.25) is 0 Å². The Labute approximate surface area is 118 Å². The maximum absolute atomic E-state index is 7.00. The standard InChI is InChI=1S/C9H13.3CH4O.Hf/c1-2-3-6-9-7-4-5-8-9;3*1-2;/h4-5,7-8H,2-3,6H2,1H3;3*2H,1H3;/q-1;;;;. The van der Waals surface area contributed by atoms with Crippen molar-refractivity contribution in [2.45, 2.75) is 26.2 Å². The Morgan fingerprint density at radius 3 is 1.56 bits per heavy atom. The van der Waals surface area contributed by atoms with Gasteiger partial charge in [-0.25, -0.2) is 12.1 Å². The predicted molar refractivity (Wildman–Crippen MR) is 65.1 cm³/mol. The van der Waals surface area contributed by atoms with Crippen LogP contribution >= 0.6 is 0 Å². The van der Waals surface area contributed by atoms with Gasteiger partial charge in [-0.1, -0.05) is 26.2 Å². The Kier molecular flexibility index (Phi) is 46.1. The number of rotatable bonds is 3. The van der Waals surface area contributed by atoms with Crippen LogP contribution in [0, 0.1) is 0 Å². The molecule has 3 nitrogen and oxygen atoms in total. The average Bonchev–Trinajstić information content (AvgIpc) is 2.87. The van der Waals surface area contributed by atoms with E-state index in [0.717, 1.165) is 21.3 Å². The van der Waals surface area contributed by atoms with Crippen LogP contribution in [0.25, 0.3) is 0 Å². The number of aliphatic hydroxyl groups is 3. The second-order valence-electron chi connectivity index (χ2n) is 2.40. The van der Waals surface area contributed by atoms with Gasteiger partial charge in [0.05, 0.1) is 0 Å². The van der Waals surface area contributed by atoms with E-state index in [2.05, 4.69) is 31.2 Å². The molecule has 0 radical (unpaired) electrons. The predicted octanol–water partition coefficient (Wildman–Crippen LogP) is 1.57. The van der Waals surface area contributed by atoms with Gasteiger partial charge in [0.1, 0.15) is 0 Å². The van der Waals surface area contributed by atoms with Gasteiger partial charge in [0.15, 0.2) is 0 Å². The number of aryl methyl sites for hydroxylation is 1. The molecule has 0 amide bonds. The van der Waals surface area contributed by atoms with Gasteiger partial charge in [-0.3, -0.25) is 0 Å². The Morgan fingerprint density at radius 1 is 0.875 bits per heavy atom. The van der Waals surface area contributed by atoms with Crippen LogP contribution in [0.2, 0.25) is 0 Å². The Hall–Kier alpha value is 0.100. The molecule has 0 aliphatic heterocycles.